The standard InChI is InChI=1S/C21H25N3O5S2/c1-21(2,3)20-22-18-14-15(6-11-19(18)29-20)23-30(25,26)16-7-9-17(10-8-16)31(27,28)24-12-4-5-13-24/h6-11,14,23H,4-5,12-13H2,1-3H3. The number of rotatable bonds is 5. The average Bonchev–Trinajstić information content (AvgIpc) is 3.37. The Kier molecular flexibility index (Phi) is 5.35. The van der Waals surface area contributed by atoms with E-state index in [0.29, 0.717) is 35.8 Å². The summed E-state index contributed by atoms with van der Waals surface area (Å²) in [6.45, 7) is 6.93. The number of hydrogen-bond acceptors (Lipinski definition) is 6. The largest absolute Gasteiger partial charge is 0.440 e. The molecule has 0 bridgehead atoms. The summed E-state index contributed by atoms with van der Waals surface area (Å²) in [4.78, 5) is 4.52. The van der Waals surface area contributed by atoms with Crippen molar-refractivity contribution in [3.05, 3.63) is 48.4 Å². The van der Waals surface area contributed by atoms with Crippen molar-refractivity contribution in [1.29, 1.82) is 0 Å². The van der Waals surface area contributed by atoms with Gasteiger partial charge in [-0.15, -0.1) is 0 Å². The molecule has 1 N–H and O–H groups in total. The van der Waals surface area contributed by atoms with E-state index < -0.39 is 20.0 Å². The molecule has 10 heteroatoms. The second kappa shape index (κ2) is 7.61. The number of anilines is 1. The zero-order valence-electron chi connectivity index (χ0n) is 17.6. The number of benzene rings is 2. The van der Waals surface area contributed by atoms with Crippen molar-refractivity contribution >= 4 is 36.8 Å². The Balaban J connectivity index is 1.57. The van der Waals surface area contributed by atoms with Crippen molar-refractivity contribution in [1.82, 2.24) is 9.29 Å². The van der Waals surface area contributed by atoms with Crippen LogP contribution in [0, 0.1) is 0 Å². The summed E-state index contributed by atoms with van der Waals surface area (Å²) in [5.41, 5.74) is 1.20. The van der Waals surface area contributed by atoms with Crippen LogP contribution in [0.3, 0.4) is 0 Å². The second-order valence-corrected chi connectivity index (χ2v) is 12.3. The summed E-state index contributed by atoms with van der Waals surface area (Å²) in [6, 6.07) is 10.1. The van der Waals surface area contributed by atoms with Crippen LogP contribution in [0.15, 0.2) is 56.7 Å². The van der Waals surface area contributed by atoms with Gasteiger partial charge in [-0.2, -0.15) is 4.31 Å². The van der Waals surface area contributed by atoms with Gasteiger partial charge in [0.15, 0.2) is 5.58 Å². The van der Waals surface area contributed by atoms with Crippen molar-refractivity contribution < 1.29 is 21.3 Å². The Morgan fingerprint density at radius 1 is 0.935 bits per heavy atom. The first-order valence-corrected chi connectivity index (χ1v) is 12.9. The minimum absolute atomic E-state index is 0.0245. The first kappa shape index (κ1) is 21.8. The maximum absolute atomic E-state index is 12.8. The van der Waals surface area contributed by atoms with Crippen LogP contribution in [-0.2, 0) is 25.5 Å². The van der Waals surface area contributed by atoms with E-state index in [4.69, 9.17) is 4.42 Å². The topological polar surface area (TPSA) is 110 Å². The van der Waals surface area contributed by atoms with E-state index in [1.54, 1.807) is 18.2 Å². The smallest absolute Gasteiger partial charge is 0.261 e. The van der Waals surface area contributed by atoms with E-state index in [1.807, 2.05) is 20.8 Å². The molecule has 0 amide bonds. The van der Waals surface area contributed by atoms with Gasteiger partial charge in [-0.05, 0) is 55.3 Å². The van der Waals surface area contributed by atoms with Crippen LogP contribution in [0.1, 0.15) is 39.5 Å². The molecule has 4 rings (SSSR count). The highest BCUT2D eigenvalue weighted by atomic mass is 32.2. The highest BCUT2D eigenvalue weighted by Gasteiger charge is 2.27. The van der Waals surface area contributed by atoms with Crippen molar-refractivity contribution in [3.63, 3.8) is 0 Å². The lowest BCUT2D eigenvalue weighted by Gasteiger charge is -2.15. The molecule has 1 aliphatic heterocycles. The quantitative estimate of drug-likeness (QED) is 0.618. The summed E-state index contributed by atoms with van der Waals surface area (Å²) >= 11 is 0. The van der Waals surface area contributed by atoms with E-state index in [2.05, 4.69) is 9.71 Å². The van der Waals surface area contributed by atoms with Gasteiger partial charge in [0, 0.05) is 18.5 Å². The Labute approximate surface area is 182 Å². The van der Waals surface area contributed by atoms with Crippen LogP contribution in [-0.4, -0.2) is 39.2 Å². The minimum Gasteiger partial charge on any atom is -0.440 e. The molecule has 0 atom stereocenters. The first-order chi connectivity index (χ1) is 14.5. The molecule has 0 radical (unpaired) electrons. The Morgan fingerprint density at radius 3 is 2.16 bits per heavy atom. The summed E-state index contributed by atoms with van der Waals surface area (Å²) < 4.78 is 60.5. The molecule has 1 saturated heterocycles. The van der Waals surface area contributed by atoms with Crippen LogP contribution >= 0.6 is 0 Å². The van der Waals surface area contributed by atoms with Crippen LogP contribution in [0.5, 0.6) is 0 Å². The van der Waals surface area contributed by atoms with Crippen LogP contribution < -0.4 is 4.72 Å². The van der Waals surface area contributed by atoms with Crippen molar-refractivity contribution in [3.8, 4) is 0 Å². The molecule has 0 saturated carbocycles. The maximum Gasteiger partial charge on any atom is 0.261 e. The molecule has 166 valence electrons. The number of nitrogens with one attached hydrogen (secondary N) is 1. The van der Waals surface area contributed by atoms with Gasteiger partial charge < -0.3 is 4.42 Å². The molecule has 0 unspecified atom stereocenters. The lowest BCUT2D eigenvalue weighted by atomic mass is 9.97. The molecule has 2 aromatic carbocycles. The van der Waals surface area contributed by atoms with Gasteiger partial charge in [0.2, 0.25) is 15.9 Å². The van der Waals surface area contributed by atoms with Gasteiger partial charge in [-0.25, -0.2) is 21.8 Å². The molecule has 2 heterocycles. The number of sulfonamides is 2. The summed E-state index contributed by atoms with van der Waals surface area (Å²) in [6.07, 6.45) is 1.67. The van der Waals surface area contributed by atoms with Gasteiger partial charge in [-0.3, -0.25) is 4.72 Å². The third-order valence-corrected chi connectivity index (χ3v) is 8.43. The highest BCUT2D eigenvalue weighted by molar-refractivity contribution is 7.92. The van der Waals surface area contributed by atoms with Gasteiger partial charge in [-0.1, -0.05) is 20.8 Å². The molecule has 1 aliphatic rings. The molecular weight excluding hydrogens is 438 g/mol. The fourth-order valence-electron chi connectivity index (χ4n) is 3.39. The Morgan fingerprint density at radius 2 is 1.55 bits per heavy atom. The molecule has 0 aliphatic carbocycles. The second-order valence-electron chi connectivity index (χ2n) is 8.64. The normalized spacial score (nSPS) is 16.1. The Bertz CT molecular complexity index is 1320. The predicted molar refractivity (Wildman–Crippen MR) is 118 cm³/mol. The van der Waals surface area contributed by atoms with Crippen molar-refractivity contribution in [2.75, 3.05) is 17.8 Å². The minimum atomic E-state index is -3.90. The zero-order valence-corrected chi connectivity index (χ0v) is 19.3. The lowest BCUT2D eigenvalue weighted by molar-refractivity contribution is 0.411. The highest BCUT2D eigenvalue weighted by Crippen LogP contribution is 2.28. The van der Waals surface area contributed by atoms with Gasteiger partial charge in [0.1, 0.15) is 5.52 Å². The van der Waals surface area contributed by atoms with E-state index in [0.717, 1.165) is 12.8 Å². The Hall–Kier alpha value is -2.43. The fourth-order valence-corrected chi connectivity index (χ4v) is 5.96. The molecule has 31 heavy (non-hydrogen) atoms. The number of aromatic nitrogens is 1. The van der Waals surface area contributed by atoms with Crippen molar-refractivity contribution in [2.24, 2.45) is 0 Å². The summed E-state index contributed by atoms with van der Waals surface area (Å²) in [7, 11) is -7.50. The third-order valence-electron chi connectivity index (χ3n) is 5.12. The first-order valence-electron chi connectivity index (χ1n) is 10.0. The maximum atomic E-state index is 12.8. The number of nitrogens with zero attached hydrogens (tertiary/aromatic N) is 2. The summed E-state index contributed by atoms with van der Waals surface area (Å²) in [5, 5.41) is 0. The molecule has 3 aromatic rings. The third kappa shape index (κ3) is 4.32. The molecular formula is C21H25N3O5S2. The molecule has 8 nitrogen and oxygen atoms in total. The summed E-state index contributed by atoms with van der Waals surface area (Å²) in [5.74, 6) is 0.567. The molecule has 0 spiro atoms. The fraction of sp³-hybridized carbons (Fsp3) is 0.381. The van der Waals surface area contributed by atoms with Gasteiger partial charge >= 0.3 is 0 Å². The lowest BCUT2D eigenvalue weighted by Crippen LogP contribution is -2.27. The van der Waals surface area contributed by atoms with E-state index in [1.165, 1.54) is 28.6 Å². The monoisotopic (exact) mass is 463 g/mol. The average molecular weight is 464 g/mol. The van der Waals surface area contributed by atoms with Crippen LogP contribution in [0.4, 0.5) is 5.69 Å². The van der Waals surface area contributed by atoms with E-state index >= 15 is 0 Å². The van der Waals surface area contributed by atoms with Gasteiger partial charge in [0.05, 0.1) is 15.5 Å². The SMILES string of the molecule is CC(C)(C)c1nc2cc(NS(=O)(=O)c3ccc(S(=O)(=O)N4CCCC4)cc3)ccc2o1. The molecule has 1 fully saturated rings. The predicted octanol–water partition coefficient (Wildman–Crippen LogP) is 3.71. The number of oxazole rings is 1. The molecule has 1 aromatic heterocycles. The number of hydrogen-bond donors (Lipinski definition) is 1. The van der Waals surface area contributed by atoms with Crippen LogP contribution in [0.2, 0.25) is 0 Å². The zero-order chi connectivity index (χ0) is 22.4. The van der Waals surface area contributed by atoms with Crippen LogP contribution in [0.25, 0.3) is 11.1 Å². The van der Waals surface area contributed by atoms with E-state index in [-0.39, 0.29) is 15.2 Å². The number of fused-ring (bicyclic) bond motifs is 1. The van der Waals surface area contributed by atoms with E-state index in [9.17, 15) is 16.8 Å². The van der Waals surface area contributed by atoms with Crippen molar-refractivity contribution in [2.45, 2.75) is 48.8 Å². The van der Waals surface area contributed by atoms with Gasteiger partial charge in [0.25, 0.3) is 10.0 Å².